The molecule has 0 spiro atoms. The predicted octanol–water partition coefficient (Wildman–Crippen LogP) is 5.64. The molecule has 1 atom stereocenters. The zero-order valence-electron chi connectivity index (χ0n) is 27.5. The molecule has 256 valence electrons. The van der Waals surface area contributed by atoms with Gasteiger partial charge in [0, 0.05) is 31.9 Å². The Morgan fingerprint density at radius 1 is 1.06 bits per heavy atom. The van der Waals surface area contributed by atoms with Gasteiger partial charge in [0.1, 0.15) is 12.4 Å². The number of esters is 2. The molecule has 0 aliphatic rings. The van der Waals surface area contributed by atoms with Crippen LogP contribution in [0.4, 0.5) is 0 Å². The van der Waals surface area contributed by atoms with Gasteiger partial charge >= 0.3 is 11.9 Å². The van der Waals surface area contributed by atoms with Crippen molar-refractivity contribution < 1.29 is 34.1 Å². The molecule has 48 heavy (non-hydrogen) atoms. The summed E-state index contributed by atoms with van der Waals surface area (Å²) in [5, 5.41) is 29.1. The Labute approximate surface area is 283 Å². The van der Waals surface area contributed by atoms with Crippen LogP contribution < -0.4 is 0 Å². The number of imidazole rings is 1. The quantitative estimate of drug-likeness (QED) is 0.0332. The second kappa shape index (κ2) is 17.8. The number of nitrogens with zero attached hydrogens (tertiary/aromatic N) is 8. The number of aromatic amines is 1. The molecule has 0 radical (unpaired) electrons. The van der Waals surface area contributed by atoms with Crippen molar-refractivity contribution in [3.8, 4) is 22.5 Å². The van der Waals surface area contributed by atoms with Crippen molar-refractivity contribution in [2.24, 2.45) is 5.28 Å². The first-order valence-corrected chi connectivity index (χ1v) is 16.3. The van der Waals surface area contributed by atoms with Gasteiger partial charge in [0.15, 0.2) is 16.7 Å². The summed E-state index contributed by atoms with van der Waals surface area (Å²) in [5.41, 5.74) is 3.78. The minimum absolute atomic E-state index is 0.0102. The van der Waals surface area contributed by atoms with E-state index in [0.717, 1.165) is 35.1 Å². The molecule has 16 heteroatoms. The molecule has 2 aromatic heterocycles. The van der Waals surface area contributed by atoms with Crippen LogP contribution in [0.25, 0.3) is 22.5 Å². The topological polar surface area (TPSA) is 173 Å². The van der Waals surface area contributed by atoms with Crippen molar-refractivity contribution in [2.75, 3.05) is 19.7 Å². The number of rotatable bonds is 18. The fourth-order valence-corrected chi connectivity index (χ4v) is 5.20. The van der Waals surface area contributed by atoms with Gasteiger partial charge < -0.3 is 18.9 Å². The monoisotopic (exact) mass is 682 g/mol. The predicted molar refractivity (Wildman–Crippen MR) is 174 cm³/mol. The van der Waals surface area contributed by atoms with Crippen molar-refractivity contribution in [1.82, 2.24) is 35.2 Å². The number of aromatic nitrogens is 6. The van der Waals surface area contributed by atoms with Crippen LogP contribution in [0.15, 0.2) is 53.8 Å². The van der Waals surface area contributed by atoms with E-state index in [2.05, 4.69) is 37.8 Å². The number of hydrazine groups is 1. The van der Waals surface area contributed by atoms with Crippen LogP contribution in [0.1, 0.15) is 75.3 Å². The molecule has 0 bridgehead atoms. The summed E-state index contributed by atoms with van der Waals surface area (Å²) < 4.78 is 12.5. The van der Waals surface area contributed by atoms with E-state index in [1.807, 2.05) is 62.4 Å². The highest BCUT2D eigenvalue weighted by Crippen LogP contribution is 2.30. The maximum Gasteiger partial charge on any atom is 0.361 e. The lowest BCUT2D eigenvalue weighted by Gasteiger charge is -2.16. The zero-order valence-corrected chi connectivity index (χ0v) is 28.3. The molecule has 0 aliphatic carbocycles. The summed E-state index contributed by atoms with van der Waals surface area (Å²) in [7, 11) is 0. The molecule has 0 amide bonds. The molecule has 1 unspecified atom stereocenters. The van der Waals surface area contributed by atoms with E-state index in [1.54, 1.807) is 4.57 Å². The molecule has 2 N–H and O–H groups in total. The maximum atomic E-state index is 13.4. The number of nitrogens with one attached hydrogen (secondary N) is 1. The van der Waals surface area contributed by atoms with Gasteiger partial charge in [-0.25, -0.2) is 20.1 Å². The number of unbranched alkanes of at least 4 members (excludes halogenated alkanes) is 1. The summed E-state index contributed by atoms with van der Waals surface area (Å²) in [4.78, 5) is 35.9. The third-order valence-corrected chi connectivity index (χ3v) is 7.65. The van der Waals surface area contributed by atoms with Gasteiger partial charge in [-0.2, -0.15) is 0 Å². The number of hydrogen-bond acceptors (Lipinski definition) is 10. The number of aryl methyl sites for hydroxylation is 1. The summed E-state index contributed by atoms with van der Waals surface area (Å²) in [6.07, 6.45) is 1.48. The van der Waals surface area contributed by atoms with Crippen LogP contribution in [-0.2, 0) is 32.1 Å². The standard InChI is InChI=1S/C32H41ClN9O6/c1-5-8-14-27-34-30(33)29(32(44)48-22(4)47-28(43)15-11-20-46-39-42(45)40(6-2)7-3)41(27)21-23-16-18-24(19-17-23)25-12-9-10-13-26(25)31-35-37-38-36-31/h9-10,12-13,16-19,22H,5-8,11,14-15,20-21H2,1-4H3,(H,39,45)(H,35,36,37,38)/q+1. The molecular weight excluding hydrogens is 642 g/mol. The molecule has 0 saturated heterocycles. The van der Waals surface area contributed by atoms with Gasteiger partial charge in [0.05, 0.1) is 13.1 Å². The average molecular weight is 683 g/mol. The van der Waals surface area contributed by atoms with E-state index < -0.39 is 18.2 Å². The lowest BCUT2D eigenvalue weighted by Crippen LogP contribution is -2.31. The van der Waals surface area contributed by atoms with Crippen LogP contribution in [0.3, 0.4) is 0 Å². The van der Waals surface area contributed by atoms with Gasteiger partial charge in [-0.05, 0) is 53.8 Å². The second-order valence-corrected chi connectivity index (χ2v) is 11.1. The molecule has 4 rings (SSSR count). The second-order valence-electron chi connectivity index (χ2n) is 10.7. The Kier molecular flexibility index (Phi) is 13.2. The van der Waals surface area contributed by atoms with E-state index in [0.29, 0.717) is 42.7 Å². The smallest absolute Gasteiger partial charge is 0.361 e. The molecule has 0 fully saturated rings. The van der Waals surface area contributed by atoms with E-state index in [-0.39, 0.29) is 30.3 Å². The van der Waals surface area contributed by atoms with Gasteiger partial charge in [0.25, 0.3) is 10.2 Å². The van der Waals surface area contributed by atoms with Gasteiger partial charge in [0.2, 0.25) is 6.29 Å². The Morgan fingerprint density at radius 3 is 2.46 bits per heavy atom. The SMILES string of the molecule is CCCCc1nc(Cl)c(C(=O)OC(C)OC(=O)CCCO/N=[N+](\O)N(CC)CC)n1Cc1ccc(-c2ccccc2-c2nnn[nH]2)cc1. The van der Waals surface area contributed by atoms with Crippen molar-refractivity contribution in [3.63, 3.8) is 0 Å². The van der Waals surface area contributed by atoms with Crippen molar-refractivity contribution >= 4 is 23.5 Å². The number of carbonyl (C=O) groups excluding carboxylic acids is 2. The largest absolute Gasteiger partial charge is 0.425 e. The Morgan fingerprint density at radius 2 is 1.79 bits per heavy atom. The number of H-pyrrole nitrogens is 1. The highest BCUT2D eigenvalue weighted by atomic mass is 35.5. The first-order chi connectivity index (χ1) is 23.2. The first-order valence-electron chi connectivity index (χ1n) is 15.9. The van der Waals surface area contributed by atoms with Crippen molar-refractivity contribution in [3.05, 3.63) is 70.8 Å². The number of ether oxygens (including phenoxy) is 2. The normalized spacial score (nSPS) is 12.1. The Balaban J connectivity index is 1.40. The maximum absolute atomic E-state index is 13.4. The van der Waals surface area contributed by atoms with Crippen LogP contribution in [0.2, 0.25) is 5.15 Å². The van der Waals surface area contributed by atoms with E-state index in [9.17, 15) is 14.8 Å². The lowest BCUT2D eigenvalue weighted by atomic mass is 9.98. The minimum Gasteiger partial charge on any atom is -0.425 e. The van der Waals surface area contributed by atoms with Crippen LogP contribution in [-0.4, -0.2) is 83.3 Å². The summed E-state index contributed by atoms with van der Waals surface area (Å²) >= 11 is 6.50. The van der Waals surface area contributed by atoms with Crippen LogP contribution in [0, 0.1) is 0 Å². The first kappa shape index (κ1) is 35.8. The fourth-order valence-electron chi connectivity index (χ4n) is 4.92. The highest BCUT2D eigenvalue weighted by Gasteiger charge is 2.26. The van der Waals surface area contributed by atoms with Crippen molar-refractivity contribution in [2.45, 2.75) is 72.6 Å². The van der Waals surface area contributed by atoms with E-state index in [1.165, 1.54) is 11.9 Å². The highest BCUT2D eigenvalue weighted by molar-refractivity contribution is 6.32. The van der Waals surface area contributed by atoms with Gasteiger partial charge in [-0.15, -0.1) is 10.1 Å². The molecule has 0 aliphatic heterocycles. The third kappa shape index (κ3) is 9.50. The minimum atomic E-state index is -1.18. The third-order valence-electron chi connectivity index (χ3n) is 7.39. The van der Waals surface area contributed by atoms with E-state index in [4.69, 9.17) is 25.9 Å². The number of tetrazole rings is 1. The molecule has 2 heterocycles. The van der Waals surface area contributed by atoms with Crippen LogP contribution in [0.5, 0.6) is 0 Å². The number of hydrogen-bond donors (Lipinski definition) is 2. The Hall–Kier alpha value is -5.05. The van der Waals surface area contributed by atoms with E-state index >= 15 is 0 Å². The zero-order chi connectivity index (χ0) is 34.5. The summed E-state index contributed by atoms with van der Waals surface area (Å²) in [6.45, 7) is 8.72. The van der Waals surface area contributed by atoms with Crippen molar-refractivity contribution in [1.29, 1.82) is 0 Å². The summed E-state index contributed by atoms with van der Waals surface area (Å²) in [5.74, 6) is -0.133. The van der Waals surface area contributed by atoms with Gasteiger partial charge in [-0.3, -0.25) is 4.79 Å². The molecular formula is C32H41ClN9O6+. The average Bonchev–Trinajstić information content (AvgIpc) is 3.72. The van der Waals surface area contributed by atoms with Crippen LogP contribution >= 0.6 is 11.6 Å². The fraction of sp³-hybridized carbons (Fsp3) is 0.438. The number of carbonyl (C=O) groups is 2. The molecule has 4 aromatic rings. The van der Waals surface area contributed by atoms with Gasteiger partial charge in [-0.1, -0.05) is 73.5 Å². The number of halogens is 1. The Bertz CT molecular complexity index is 1660. The molecule has 0 saturated carbocycles. The number of benzene rings is 2. The molecule has 2 aromatic carbocycles. The summed E-state index contributed by atoms with van der Waals surface area (Å²) in [6, 6.07) is 15.7. The molecule has 15 nitrogen and oxygen atoms in total. The lowest BCUT2D eigenvalue weighted by molar-refractivity contribution is -0.941.